The first-order chi connectivity index (χ1) is 9.12. The number of fused-ring (bicyclic) bond motifs is 1. The van der Waals surface area contributed by atoms with Crippen molar-refractivity contribution in [2.75, 3.05) is 0 Å². The van der Waals surface area contributed by atoms with Crippen LogP contribution in [0.1, 0.15) is 57.1 Å². The number of hydrogen-bond acceptors (Lipinski definition) is 2. The molecule has 1 aliphatic carbocycles. The number of aliphatic hydroxyl groups is 1. The maximum Gasteiger partial charge on any atom is 0.126 e. The molecule has 2 aliphatic rings. The van der Waals surface area contributed by atoms with Crippen LogP contribution < -0.4 is 4.74 Å². The SMILES string of the molecule is CCC1CCC2(CC1)CC(O)c1cc(Cl)ccc1O2. The Bertz CT molecular complexity index is 464. The predicted molar refractivity (Wildman–Crippen MR) is 76.6 cm³/mol. The van der Waals surface area contributed by atoms with Crippen molar-refractivity contribution in [3.63, 3.8) is 0 Å². The third kappa shape index (κ3) is 2.48. The maximum atomic E-state index is 10.4. The first-order valence-corrected chi connectivity index (χ1v) is 7.66. The predicted octanol–water partition coefficient (Wildman–Crippen LogP) is 4.49. The fourth-order valence-electron chi connectivity index (χ4n) is 3.53. The van der Waals surface area contributed by atoms with Gasteiger partial charge in [0.1, 0.15) is 11.4 Å². The van der Waals surface area contributed by atoms with Crippen molar-refractivity contribution in [1.29, 1.82) is 0 Å². The van der Waals surface area contributed by atoms with Gasteiger partial charge in [-0.1, -0.05) is 24.9 Å². The van der Waals surface area contributed by atoms with E-state index in [1.54, 1.807) is 0 Å². The van der Waals surface area contributed by atoms with E-state index in [4.69, 9.17) is 16.3 Å². The molecule has 1 aromatic rings. The molecule has 1 atom stereocenters. The lowest BCUT2D eigenvalue weighted by Gasteiger charge is -2.45. The van der Waals surface area contributed by atoms with Crippen molar-refractivity contribution in [3.8, 4) is 5.75 Å². The lowest BCUT2D eigenvalue weighted by atomic mass is 9.73. The Kier molecular flexibility index (Phi) is 3.48. The van der Waals surface area contributed by atoms with Crippen molar-refractivity contribution in [1.82, 2.24) is 0 Å². The Morgan fingerprint density at radius 2 is 2.11 bits per heavy atom. The second-order valence-electron chi connectivity index (χ2n) is 6.04. The number of rotatable bonds is 1. The van der Waals surface area contributed by atoms with Gasteiger partial charge in [0.05, 0.1) is 6.10 Å². The summed E-state index contributed by atoms with van der Waals surface area (Å²) in [5, 5.41) is 11.0. The van der Waals surface area contributed by atoms with Crippen LogP contribution in [-0.2, 0) is 0 Å². The van der Waals surface area contributed by atoms with E-state index in [1.165, 1.54) is 19.3 Å². The van der Waals surface area contributed by atoms with Gasteiger partial charge in [0.15, 0.2) is 0 Å². The van der Waals surface area contributed by atoms with Crippen molar-refractivity contribution >= 4 is 11.6 Å². The Balaban J connectivity index is 1.83. The molecule has 1 spiro atoms. The number of ether oxygens (including phenoxy) is 1. The van der Waals surface area contributed by atoms with Crippen LogP contribution in [0.15, 0.2) is 18.2 Å². The van der Waals surface area contributed by atoms with Gasteiger partial charge in [-0.15, -0.1) is 0 Å². The minimum absolute atomic E-state index is 0.147. The highest BCUT2D eigenvalue weighted by Crippen LogP contribution is 2.47. The normalized spacial score (nSPS) is 33.8. The van der Waals surface area contributed by atoms with Crippen molar-refractivity contribution in [2.24, 2.45) is 5.92 Å². The summed E-state index contributed by atoms with van der Waals surface area (Å²) in [6.45, 7) is 2.26. The van der Waals surface area contributed by atoms with E-state index in [-0.39, 0.29) is 5.60 Å². The average Bonchev–Trinajstić information content (AvgIpc) is 2.41. The van der Waals surface area contributed by atoms with Crippen LogP contribution in [0, 0.1) is 5.92 Å². The van der Waals surface area contributed by atoms with Crippen LogP contribution in [0.4, 0.5) is 0 Å². The first kappa shape index (κ1) is 13.3. The summed E-state index contributed by atoms with van der Waals surface area (Å²) in [4.78, 5) is 0. The third-order valence-electron chi connectivity index (χ3n) is 4.82. The minimum atomic E-state index is -0.444. The quantitative estimate of drug-likeness (QED) is 0.821. The highest BCUT2D eigenvalue weighted by Gasteiger charge is 2.42. The van der Waals surface area contributed by atoms with Gasteiger partial charge in [-0.3, -0.25) is 0 Å². The Morgan fingerprint density at radius 1 is 1.37 bits per heavy atom. The molecule has 1 N–H and O–H groups in total. The summed E-state index contributed by atoms with van der Waals surface area (Å²) < 4.78 is 6.26. The second-order valence-corrected chi connectivity index (χ2v) is 6.48. The monoisotopic (exact) mass is 280 g/mol. The van der Waals surface area contributed by atoms with Crippen LogP contribution in [0.5, 0.6) is 5.75 Å². The molecular formula is C16H21ClO2. The molecule has 3 rings (SSSR count). The summed E-state index contributed by atoms with van der Waals surface area (Å²) in [6.07, 6.45) is 6.07. The smallest absolute Gasteiger partial charge is 0.126 e. The van der Waals surface area contributed by atoms with Gasteiger partial charge < -0.3 is 9.84 Å². The molecule has 1 unspecified atom stereocenters. The van der Waals surface area contributed by atoms with Gasteiger partial charge in [-0.05, 0) is 49.8 Å². The van der Waals surface area contributed by atoms with E-state index in [0.717, 1.165) is 30.1 Å². The molecule has 0 bridgehead atoms. The van der Waals surface area contributed by atoms with Crippen molar-refractivity contribution in [3.05, 3.63) is 28.8 Å². The molecule has 1 heterocycles. The van der Waals surface area contributed by atoms with Gasteiger partial charge in [0, 0.05) is 17.0 Å². The maximum absolute atomic E-state index is 10.4. The minimum Gasteiger partial charge on any atom is -0.487 e. The summed E-state index contributed by atoms with van der Waals surface area (Å²) in [5.41, 5.74) is 0.696. The zero-order chi connectivity index (χ0) is 13.5. The summed E-state index contributed by atoms with van der Waals surface area (Å²) in [6, 6.07) is 5.56. The number of benzene rings is 1. The number of halogens is 1. The topological polar surface area (TPSA) is 29.5 Å². The molecule has 0 aromatic heterocycles. The summed E-state index contributed by atoms with van der Waals surface area (Å²) >= 11 is 5.99. The number of aliphatic hydroxyl groups excluding tert-OH is 1. The highest BCUT2D eigenvalue weighted by molar-refractivity contribution is 6.30. The first-order valence-electron chi connectivity index (χ1n) is 7.28. The molecule has 1 aliphatic heterocycles. The highest BCUT2D eigenvalue weighted by atomic mass is 35.5. The molecule has 104 valence electrons. The molecular weight excluding hydrogens is 260 g/mol. The lowest BCUT2D eigenvalue weighted by molar-refractivity contribution is -0.0470. The molecule has 0 saturated heterocycles. The lowest BCUT2D eigenvalue weighted by Crippen LogP contribution is -2.44. The Hall–Kier alpha value is -0.730. The van der Waals surface area contributed by atoms with Gasteiger partial charge in [-0.2, -0.15) is 0 Å². The van der Waals surface area contributed by atoms with Crippen molar-refractivity contribution < 1.29 is 9.84 Å². The van der Waals surface area contributed by atoms with Gasteiger partial charge in [-0.25, -0.2) is 0 Å². The molecule has 1 fully saturated rings. The molecule has 1 saturated carbocycles. The zero-order valence-corrected chi connectivity index (χ0v) is 12.1. The summed E-state index contributed by atoms with van der Waals surface area (Å²) in [5.74, 6) is 1.65. The van der Waals surface area contributed by atoms with Crippen LogP contribution in [0.25, 0.3) is 0 Å². The second kappa shape index (κ2) is 4.99. The van der Waals surface area contributed by atoms with Crippen LogP contribution in [-0.4, -0.2) is 10.7 Å². The van der Waals surface area contributed by atoms with Crippen LogP contribution in [0.3, 0.4) is 0 Å². The Labute approximate surface area is 119 Å². The van der Waals surface area contributed by atoms with Crippen LogP contribution >= 0.6 is 11.6 Å². The molecule has 1 aromatic carbocycles. The average molecular weight is 281 g/mol. The molecule has 3 heteroatoms. The van der Waals surface area contributed by atoms with E-state index in [0.29, 0.717) is 11.4 Å². The molecule has 0 amide bonds. The number of hydrogen-bond donors (Lipinski definition) is 1. The van der Waals surface area contributed by atoms with E-state index in [1.807, 2.05) is 18.2 Å². The standard InChI is InChI=1S/C16H21ClO2/c1-2-11-5-7-16(8-6-11)10-14(18)13-9-12(17)3-4-15(13)19-16/h3-4,9,11,14,18H,2,5-8,10H2,1H3. The largest absolute Gasteiger partial charge is 0.487 e. The van der Waals surface area contributed by atoms with E-state index in [2.05, 4.69) is 6.92 Å². The zero-order valence-electron chi connectivity index (χ0n) is 11.4. The Morgan fingerprint density at radius 3 is 2.79 bits per heavy atom. The molecule has 19 heavy (non-hydrogen) atoms. The molecule has 0 radical (unpaired) electrons. The van der Waals surface area contributed by atoms with E-state index < -0.39 is 6.10 Å². The van der Waals surface area contributed by atoms with E-state index in [9.17, 15) is 5.11 Å². The van der Waals surface area contributed by atoms with Crippen LogP contribution in [0.2, 0.25) is 5.02 Å². The third-order valence-corrected chi connectivity index (χ3v) is 5.05. The van der Waals surface area contributed by atoms with Gasteiger partial charge >= 0.3 is 0 Å². The van der Waals surface area contributed by atoms with Gasteiger partial charge in [0.25, 0.3) is 0 Å². The fourth-order valence-corrected chi connectivity index (χ4v) is 3.71. The fraction of sp³-hybridized carbons (Fsp3) is 0.625. The molecule has 2 nitrogen and oxygen atoms in total. The summed E-state index contributed by atoms with van der Waals surface area (Å²) in [7, 11) is 0. The van der Waals surface area contributed by atoms with Crippen molar-refractivity contribution in [2.45, 2.75) is 57.2 Å². The van der Waals surface area contributed by atoms with E-state index >= 15 is 0 Å². The van der Waals surface area contributed by atoms with Gasteiger partial charge in [0.2, 0.25) is 0 Å².